The van der Waals surface area contributed by atoms with Gasteiger partial charge in [0.15, 0.2) is 0 Å². The third-order valence-corrected chi connectivity index (χ3v) is 2.36. The molecule has 0 N–H and O–H groups in total. The number of hydrogen-bond donors (Lipinski definition) is 0. The number of allylic oxidation sites excluding steroid dienone is 2. The molecule has 2 rings (SSSR count). The molecule has 0 amide bonds. The third-order valence-electron chi connectivity index (χ3n) is 2.36. The van der Waals surface area contributed by atoms with E-state index in [0.29, 0.717) is 6.04 Å². The number of thiocyanates is 1. The van der Waals surface area contributed by atoms with Gasteiger partial charge in [0.2, 0.25) is 0 Å². The summed E-state index contributed by atoms with van der Waals surface area (Å²) >= 11 is 12.5. The summed E-state index contributed by atoms with van der Waals surface area (Å²) < 4.78 is 0. The van der Waals surface area contributed by atoms with Gasteiger partial charge >= 0.3 is 51.2 Å². The normalized spacial score (nSPS) is 20.8. The Morgan fingerprint density at radius 3 is 2.42 bits per heavy atom. The van der Waals surface area contributed by atoms with Gasteiger partial charge in [0.1, 0.15) is 0 Å². The average Bonchev–Trinajstić information content (AvgIpc) is 2.41. The van der Waals surface area contributed by atoms with Crippen LogP contribution in [0.1, 0.15) is 19.3 Å². The van der Waals surface area contributed by atoms with Crippen LogP contribution in [0, 0.1) is 10.7 Å². The zero-order valence-electron chi connectivity index (χ0n) is 10.2. The monoisotopic (exact) mass is 577 g/mol. The molecule has 0 aromatic heterocycles. The molecule has 1 saturated heterocycles. The minimum atomic E-state index is -1.11. The van der Waals surface area contributed by atoms with E-state index >= 15 is 0 Å². The predicted octanol–water partition coefficient (Wildman–Crippen LogP) is 4.91. The second kappa shape index (κ2) is 14.1. The maximum absolute atomic E-state index is 7.13. The van der Waals surface area contributed by atoms with E-state index in [0.717, 1.165) is 13.1 Å². The van der Waals surface area contributed by atoms with Crippen molar-refractivity contribution in [1.82, 2.24) is 0 Å². The summed E-state index contributed by atoms with van der Waals surface area (Å²) in [5, 5.41) is 17.5. The van der Waals surface area contributed by atoms with E-state index in [4.69, 9.17) is 5.26 Å². The zero-order valence-corrected chi connectivity index (χ0v) is 18.7. The van der Waals surface area contributed by atoms with Crippen LogP contribution in [-0.4, -0.2) is 32.2 Å². The van der Waals surface area contributed by atoms with E-state index in [1.165, 1.54) is 30.4 Å². The van der Waals surface area contributed by atoms with Crippen molar-refractivity contribution in [3.05, 3.63) is 34.6 Å². The Morgan fingerprint density at radius 1 is 1.37 bits per heavy atom. The summed E-state index contributed by atoms with van der Waals surface area (Å²) in [6.07, 6.45) is 10.0. The average molecular weight is 579 g/mol. The van der Waals surface area contributed by atoms with Crippen molar-refractivity contribution in [2.75, 3.05) is 13.1 Å². The maximum atomic E-state index is 7.13. The quantitative estimate of drug-likeness (QED) is 0.252. The zero-order chi connectivity index (χ0) is 14.5. The molecule has 0 aliphatic carbocycles. The van der Waals surface area contributed by atoms with Crippen LogP contribution in [0.2, 0.25) is 0 Å². The van der Waals surface area contributed by atoms with Crippen LogP contribution < -0.4 is 0 Å². The SMILES string of the molecule is C1=CC[N-]C(C2CCCC[N-]2)=C1.N#C[S-].[Br][Sn]([Br])[Br]. The molecule has 3 nitrogen and oxygen atoms in total. The van der Waals surface area contributed by atoms with Gasteiger partial charge in [-0.1, -0.05) is 36.8 Å². The minimum absolute atomic E-state index is 0.406. The molecule has 1 atom stereocenters. The molecular formula is C11H14Br3N3SSn-3. The van der Waals surface area contributed by atoms with Gasteiger partial charge in [0, 0.05) is 0 Å². The van der Waals surface area contributed by atoms with Gasteiger partial charge in [0.25, 0.3) is 0 Å². The Hall–Kier alpha value is 1.19. The van der Waals surface area contributed by atoms with Crippen LogP contribution in [0.25, 0.3) is 10.6 Å². The van der Waals surface area contributed by atoms with Crippen molar-refractivity contribution >= 4 is 63.8 Å². The first-order valence-corrected chi connectivity index (χ1v) is 25.3. The summed E-state index contributed by atoms with van der Waals surface area (Å²) in [5.74, 6) is 0. The molecule has 2 aliphatic rings. The van der Waals surface area contributed by atoms with Gasteiger partial charge in [-0.3, -0.25) is 0 Å². The van der Waals surface area contributed by atoms with E-state index in [1.54, 1.807) is 0 Å². The molecule has 107 valence electrons. The molecule has 0 aromatic carbocycles. The van der Waals surface area contributed by atoms with Crippen molar-refractivity contribution < 1.29 is 0 Å². The van der Waals surface area contributed by atoms with Gasteiger partial charge < -0.3 is 23.3 Å². The Labute approximate surface area is 146 Å². The molecule has 1 fully saturated rings. The Balaban J connectivity index is 0.000000393. The van der Waals surface area contributed by atoms with Gasteiger partial charge in [0.05, 0.1) is 0 Å². The van der Waals surface area contributed by atoms with E-state index in [2.05, 4.69) is 79.6 Å². The van der Waals surface area contributed by atoms with Gasteiger partial charge in [-0.05, 0) is 0 Å². The Bertz CT molecular complexity index is 323. The van der Waals surface area contributed by atoms with E-state index in [1.807, 2.05) is 0 Å². The Kier molecular flexibility index (Phi) is 15.0. The molecule has 1 radical (unpaired) electrons. The second-order valence-corrected chi connectivity index (χ2v) is 42.4. The molecule has 0 saturated carbocycles. The molecule has 0 aromatic rings. The summed E-state index contributed by atoms with van der Waals surface area (Å²) in [4.78, 5) is 0. The summed E-state index contributed by atoms with van der Waals surface area (Å²) in [7, 11) is 0. The van der Waals surface area contributed by atoms with Crippen LogP contribution >= 0.6 is 38.1 Å². The number of piperidine rings is 1. The number of halogens is 3. The molecule has 2 aliphatic heterocycles. The van der Waals surface area contributed by atoms with Crippen LogP contribution in [0.4, 0.5) is 0 Å². The van der Waals surface area contributed by atoms with Crippen molar-refractivity contribution in [3.63, 3.8) is 0 Å². The molecular weight excluding hydrogens is 565 g/mol. The van der Waals surface area contributed by atoms with Gasteiger partial charge in [-0.25, -0.2) is 5.26 Å². The summed E-state index contributed by atoms with van der Waals surface area (Å²) in [5.41, 5.74) is 1.19. The third kappa shape index (κ3) is 12.6. The van der Waals surface area contributed by atoms with E-state index < -0.39 is 13.1 Å². The number of hydrogen-bond acceptors (Lipinski definition) is 2. The van der Waals surface area contributed by atoms with Gasteiger partial charge in [-0.15, -0.1) is 25.2 Å². The van der Waals surface area contributed by atoms with Crippen molar-refractivity contribution in [1.29, 1.82) is 5.26 Å². The molecule has 1 unspecified atom stereocenters. The Morgan fingerprint density at radius 2 is 2.00 bits per heavy atom. The van der Waals surface area contributed by atoms with Crippen molar-refractivity contribution in [3.8, 4) is 5.40 Å². The second-order valence-electron chi connectivity index (χ2n) is 3.58. The fourth-order valence-electron chi connectivity index (χ4n) is 1.68. The van der Waals surface area contributed by atoms with Crippen molar-refractivity contribution in [2.24, 2.45) is 0 Å². The molecule has 2 heterocycles. The summed E-state index contributed by atoms with van der Waals surface area (Å²) in [6.45, 7) is 1.87. The first kappa shape index (κ1) is 20.2. The standard InChI is InChI=1S/C10H14N2.CHNS.3BrH.Sn/c1-3-7-11-9(5-1)10-6-2-4-8-12-10;2-1-3;;;;/h1,3,5,10H,2,4,6-8H2;3H;3*1H;/q-2;;;;;+3/p-4. The van der Waals surface area contributed by atoms with Gasteiger partial charge in [-0.2, -0.15) is 5.70 Å². The van der Waals surface area contributed by atoms with Crippen LogP contribution in [0.3, 0.4) is 0 Å². The molecule has 0 spiro atoms. The fourth-order valence-corrected chi connectivity index (χ4v) is 1.68. The first-order valence-electron chi connectivity index (χ1n) is 5.67. The number of nitriles is 1. The number of nitrogens with zero attached hydrogens (tertiary/aromatic N) is 3. The molecule has 19 heavy (non-hydrogen) atoms. The number of rotatable bonds is 1. The molecule has 8 heteroatoms. The molecule has 0 bridgehead atoms. The predicted molar refractivity (Wildman–Crippen MR) is 96.8 cm³/mol. The van der Waals surface area contributed by atoms with E-state index in [9.17, 15) is 0 Å². The topological polar surface area (TPSA) is 52.0 Å². The van der Waals surface area contributed by atoms with Crippen LogP contribution in [0.15, 0.2) is 23.9 Å². The van der Waals surface area contributed by atoms with Crippen LogP contribution in [0.5, 0.6) is 0 Å². The first-order chi connectivity index (χ1) is 9.11. The van der Waals surface area contributed by atoms with E-state index in [-0.39, 0.29) is 0 Å². The fraction of sp³-hybridized carbons (Fsp3) is 0.545. The summed E-state index contributed by atoms with van der Waals surface area (Å²) in [6, 6.07) is 0.406. The van der Waals surface area contributed by atoms with Crippen molar-refractivity contribution in [2.45, 2.75) is 25.3 Å². The van der Waals surface area contributed by atoms with Crippen LogP contribution in [-0.2, 0) is 12.6 Å².